The Balaban J connectivity index is 2.38. The first-order valence-corrected chi connectivity index (χ1v) is 8.14. The molecule has 0 radical (unpaired) electrons. The summed E-state index contributed by atoms with van der Waals surface area (Å²) in [6, 6.07) is 11.5. The highest BCUT2D eigenvalue weighted by atomic mass is 35.5. The third-order valence-electron chi connectivity index (χ3n) is 2.90. The van der Waals surface area contributed by atoms with E-state index in [1.54, 1.807) is 0 Å². The Hall–Kier alpha value is -2.56. The van der Waals surface area contributed by atoms with Crippen molar-refractivity contribution < 1.29 is 17.9 Å². The highest BCUT2D eigenvalue weighted by molar-refractivity contribution is 7.92. The number of rotatable bonds is 4. The fraction of sp³-hybridized carbons (Fsp3) is 0.0667. The summed E-state index contributed by atoms with van der Waals surface area (Å²) in [6.07, 6.45) is 0. The SMILES string of the molecule is COC(=O)c1cc(NS(=O)(=O)c2cccc(C#N)c2)ccc1Cl. The number of hydrogen-bond donors (Lipinski definition) is 1. The molecule has 2 rings (SSSR count). The second-order valence-electron chi connectivity index (χ2n) is 4.43. The van der Waals surface area contributed by atoms with Crippen LogP contribution in [0.25, 0.3) is 0 Å². The van der Waals surface area contributed by atoms with Gasteiger partial charge >= 0.3 is 5.97 Å². The largest absolute Gasteiger partial charge is 0.465 e. The van der Waals surface area contributed by atoms with Crippen molar-refractivity contribution in [2.24, 2.45) is 0 Å². The third-order valence-corrected chi connectivity index (χ3v) is 4.61. The first-order valence-electron chi connectivity index (χ1n) is 6.28. The molecular weight excluding hydrogens is 340 g/mol. The highest BCUT2D eigenvalue weighted by Gasteiger charge is 2.17. The molecule has 0 aromatic heterocycles. The Kier molecular flexibility index (Phi) is 4.89. The van der Waals surface area contributed by atoms with E-state index in [4.69, 9.17) is 16.9 Å². The van der Waals surface area contributed by atoms with Gasteiger partial charge in [-0.1, -0.05) is 17.7 Å². The number of nitriles is 1. The molecule has 0 unspecified atom stereocenters. The summed E-state index contributed by atoms with van der Waals surface area (Å²) in [5.41, 5.74) is 0.413. The predicted molar refractivity (Wildman–Crippen MR) is 84.8 cm³/mol. The van der Waals surface area contributed by atoms with Crippen LogP contribution in [-0.2, 0) is 14.8 Å². The molecule has 0 bridgehead atoms. The Labute approximate surface area is 138 Å². The van der Waals surface area contributed by atoms with Gasteiger partial charge in [-0.15, -0.1) is 0 Å². The monoisotopic (exact) mass is 350 g/mol. The van der Waals surface area contributed by atoms with E-state index in [1.807, 2.05) is 6.07 Å². The van der Waals surface area contributed by atoms with Crippen LogP contribution in [0.1, 0.15) is 15.9 Å². The summed E-state index contributed by atoms with van der Waals surface area (Å²) >= 11 is 5.88. The van der Waals surface area contributed by atoms with E-state index in [9.17, 15) is 13.2 Å². The van der Waals surface area contributed by atoms with Crippen LogP contribution in [0.15, 0.2) is 47.4 Å². The Morgan fingerprint density at radius 2 is 2.00 bits per heavy atom. The lowest BCUT2D eigenvalue weighted by Crippen LogP contribution is -2.14. The number of sulfonamides is 1. The van der Waals surface area contributed by atoms with E-state index in [-0.39, 0.29) is 26.7 Å². The van der Waals surface area contributed by atoms with Crippen molar-refractivity contribution in [1.82, 2.24) is 0 Å². The van der Waals surface area contributed by atoms with Crippen molar-refractivity contribution >= 4 is 33.3 Å². The topological polar surface area (TPSA) is 96.3 Å². The molecule has 2 aromatic rings. The van der Waals surface area contributed by atoms with Crippen molar-refractivity contribution in [3.8, 4) is 6.07 Å². The van der Waals surface area contributed by atoms with Gasteiger partial charge in [-0.2, -0.15) is 5.26 Å². The molecule has 0 aliphatic heterocycles. The molecular formula is C15H11ClN2O4S. The quantitative estimate of drug-likeness (QED) is 0.855. The van der Waals surface area contributed by atoms with Gasteiger partial charge < -0.3 is 4.74 Å². The van der Waals surface area contributed by atoms with Gasteiger partial charge in [-0.25, -0.2) is 13.2 Å². The van der Waals surface area contributed by atoms with Crippen LogP contribution < -0.4 is 4.72 Å². The normalized spacial score (nSPS) is 10.7. The summed E-state index contributed by atoms with van der Waals surface area (Å²) in [7, 11) is -2.71. The van der Waals surface area contributed by atoms with Crippen molar-refractivity contribution in [1.29, 1.82) is 5.26 Å². The minimum absolute atomic E-state index is 0.0418. The lowest BCUT2D eigenvalue weighted by molar-refractivity contribution is 0.0601. The maximum absolute atomic E-state index is 12.3. The number of nitrogens with zero attached hydrogens (tertiary/aromatic N) is 1. The van der Waals surface area contributed by atoms with Crippen LogP contribution in [0.3, 0.4) is 0 Å². The number of nitrogens with one attached hydrogen (secondary N) is 1. The molecule has 6 nitrogen and oxygen atoms in total. The van der Waals surface area contributed by atoms with E-state index in [0.717, 1.165) is 0 Å². The van der Waals surface area contributed by atoms with Gasteiger partial charge in [0.1, 0.15) is 0 Å². The van der Waals surface area contributed by atoms with Gasteiger partial charge in [0.05, 0.1) is 34.2 Å². The molecule has 0 aliphatic rings. The fourth-order valence-electron chi connectivity index (χ4n) is 1.80. The second-order valence-corrected chi connectivity index (χ2v) is 6.52. The van der Waals surface area contributed by atoms with Gasteiger partial charge in [0.15, 0.2) is 0 Å². The molecule has 8 heteroatoms. The number of carbonyl (C=O) groups excluding carboxylic acids is 1. The summed E-state index contributed by atoms with van der Waals surface area (Å²) in [4.78, 5) is 11.5. The molecule has 0 heterocycles. The minimum atomic E-state index is -3.90. The molecule has 118 valence electrons. The van der Waals surface area contributed by atoms with Crippen LogP contribution in [0.5, 0.6) is 0 Å². The zero-order chi connectivity index (χ0) is 17.0. The Morgan fingerprint density at radius 3 is 2.65 bits per heavy atom. The zero-order valence-corrected chi connectivity index (χ0v) is 13.5. The summed E-state index contributed by atoms with van der Waals surface area (Å²) in [5, 5.41) is 8.99. The number of ether oxygens (including phenoxy) is 1. The van der Waals surface area contributed by atoms with Crippen LogP contribution >= 0.6 is 11.6 Å². The molecule has 0 aliphatic carbocycles. The number of hydrogen-bond acceptors (Lipinski definition) is 5. The van der Waals surface area contributed by atoms with E-state index >= 15 is 0 Å². The van der Waals surface area contributed by atoms with E-state index in [2.05, 4.69) is 9.46 Å². The van der Waals surface area contributed by atoms with Gasteiger partial charge in [0.2, 0.25) is 0 Å². The zero-order valence-electron chi connectivity index (χ0n) is 11.9. The summed E-state index contributed by atoms with van der Waals surface area (Å²) in [6.45, 7) is 0. The van der Waals surface area contributed by atoms with Crippen molar-refractivity contribution in [3.63, 3.8) is 0 Å². The number of carbonyl (C=O) groups is 1. The van der Waals surface area contributed by atoms with E-state index < -0.39 is 16.0 Å². The predicted octanol–water partition coefficient (Wildman–Crippen LogP) is 2.80. The lowest BCUT2D eigenvalue weighted by atomic mass is 10.2. The van der Waals surface area contributed by atoms with Gasteiger partial charge in [0.25, 0.3) is 10.0 Å². The van der Waals surface area contributed by atoms with Crippen molar-refractivity contribution in [3.05, 3.63) is 58.6 Å². The smallest absolute Gasteiger partial charge is 0.339 e. The van der Waals surface area contributed by atoms with Gasteiger partial charge in [-0.3, -0.25) is 4.72 Å². The lowest BCUT2D eigenvalue weighted by Gasteiger charge is -2.10. The molecule has 2 aromatic carbocycles. The van der Waals surface area contributed by atoms with Gasteiger partial charge in [0, 0.05) is 5.69 Å². The average Bonchev–Trinajstić information content (AvgIpc) is 2.55. The van der Waals surface area contributed by atoms with Crippen LogP contribution in [0.4, 0.5) is 5.69 Å². The first-order chi connectivity index (χ1) is 10.9. The third kappa shape index (κ3) is 3.80. The Morgan fingerprint density at radius 1 is 1.26 bits per heavy atom. The molecule has 23 heavy (non-hydrogen) atoms. The van der Waals surface area contributed by atoms with Crippen molar-refractivity contribution in [2.45, 2.75) is 4.90 Å². The fourth-order valence-corrected chi connectivity index (χ4v) is 3.09. The molecule has 0 spiro atoms. The number of methoxy groups -OCH3 is 1. The Bertz CT molecular complexity index is 904. The number of esters is 1. The first kappa shape index (κ1) is 16.8. The van der Waals surface area contributed by atoms with E-state index in [0.29, 0.717) is 0 Å². The number of halogens is 1. The van der Waals surface area contributed by atoms with Crippen LogP contribution in [0.2, 0.25) is 5.02 Å². The minimum Gasteiger partial charge on any atom is -0.465 e. The molecule has 0 saturated heterocycles. The standard InChI is InChI=1S/C15H11ClN2O4S/c1-22-15(19)13-8-11(5-6-14(13)16)18-23(20,21)12-4-2-3-10(7-12)9-17/h2-8,18H,1H3. The molecule has 1 N–H and O–H groups in total. The molecule has 0 amide bonds. The van der Waals surface area contributed by atoms with Crippen LogP contribution in [0, 0.1) is 11.3 Å². The van der Waals surface area contributed by atoms with Crippen molar-refractivity contribution in [2.75, 3.05) is 11.8 Å². The van der Waals surface area contributed by atoms with Crippen LogP contribution in [-0.4, -0.2) is 21.5 Å². The summed E-state index contributed by atoms with van der Waals surface area (Å²) in [5.74, 6) is -0.678. The molecule has 0 fully saturated rings. The molecule has 0 saturated carbocycles. The second kappa shape index (κ2) is 6.69. The number of anilines is 1. The number of benzene rings is 2. The summed E-state index contributed by atoms with van der Waals surface area (Å²) < 4.78 is 31.6. The van der Waals surface area contributed by atoms with Gasteiger partial charge in [-0.05, 0) is 36.4 Å². The average molecular weight is 351 g/mol. The molecule has 0 atom stereocenters. The maximum atomic E-state index is 12.3. The van der Waals surface area contributed by atoms with E-state index in [1.165, 1.54) is 49.6 Å². The highest BCUT2D eigenvalue weighted by Crippen LogP contribution is 2.23. The maximum Gasteiger partial charge on any atom is 0.339 e.